The van der Waals surface area contributed by atoms with E-state index in [2.05, 4.69) is 24.3 Å². The van der Waals surface area contributed by atoms with E-state index in [1.807, 2.05) is 6.07 Å². The normalized spacial score (nSPS) is 22.5. The molecule has 1 atom stereocenters. The van der Waals surface area contributed by atoms with Gasteiger partial charge in [0.05, 0.1) is 5.37 Å². The van der Waals surface area contributed by atoms with Crippen LogP contribution in [-0.4, -0.2) is 78.7 Å². The number of rotatable bonds is 2. The molecule has 2 aromatic rings. The lowest BCUT2D eigenvalue weighted by molar-refractivity contribution is 0.117. The number of carbonyl (C=O) groups is 1. The topological polar surface area (TPSA) is 76.2 Å². The number of halogens is 1. The minimum absolute atomic E-state index is 0.104. The van der Waals surface area contributed by atoms with E-state index in [1.165, 1.54) is 21.3 Å². The van der Waals surface area contributed by atoms with Crippen molar-refractivity contribution in [1.29, 1.82) is 0 Å². The number of hydrogen-bond donors (Lipinski definition) is 1. The van der Waals surface area contributed by atoms with Gasteiger partial charge in [-0.15, -0.1) is 11.3 Å². The molecule has 0 saturated carbocycles. The number of hydrazine groups is 1. The number of fused-ring (bicyclic) bond motifs is 1. The SMILES string of the molecule is CC1SC2=C(CCN(C(=O)N3CCN(S(=O)(=O)c4cc5ccc(Cl)cc5s4)CC3)N2)N1C. The van der Waals surface area contributed by atoms with Crippen molar-refractivity contribution < 1.29 is 13.2 Å². The number of sulfonamides is 1. The second-order valence-corrected chi connectivity index (χ2v) is 13.0. The molecule has 0 radical (unpaired) electrons. The van der Waals surface area contributed by atoms with E-state index in [9.17, 15) is 13.2 Å². The van der Waals surface area contributed by atoms with Crippen molar-refractivity contribution in [2.24, 2.45) is 0 Å². The van der Waals surface area contributed by atoms with Gasteiger partial charge in [-0.05, 0) is 30.5 Å². The molecule has 2 amide bonds. The number of amides is 2. The highest BCUT2D eigenvalue weighted by Crippen LogP contribution is 2.38. The van der Waals surface area contributed by atoms with Crippen molar-refractivity contribution in [3.63, 3.8) is 0 Å². The van der Waals surface area contributed by atoms with Crippen LogP contribution in [-0.2, 0) is 10.0 Å². The zero-order valence-electron chi connectivity index (χ0n) is 17.7. The van der Waals surface area contributed by atoms with Crippen molar-refractivity contribution in [2.75, 3.05) is 39.8 Å². The number of nitrogens with zero attached hydrogens (tertiary/aromatic N) is 4. The number of thioether (sulfide) groups is 1. The zero-order chi connectivity index (χ0) is 22.6. The highest BCUT2D eigenvalue weighted by atomic mass is 35.5. The maximum absolute atomic E-state index is 13.2. The van der Waals surface area contributed by atoms with Crippen LogP contribution in [0.3, 0.4) is 0 Å². The molecule has 4 heterocycles. The molecule has 32 heavy (non-hydrogen) atoms. The Hall–Kier alpha value is -1.66. The third-order valence-corrected chi connectivity index (χ3v) is 11.0. The summed E-state index contributed by atoms with van der Waals surface area (Å²) < 4.78 is 29.0. The van der Waals surface area contributed by atoms with E-state index < -0.39 is 10.0 Å². The molecule has 1 fully saturated rings. The van der Waals surface area contributed by atoms with Crippen molar-refractivity contribution in [2.45, 2.75) is 22.9 Å². The minimum Gasteiger partial charge on any atom is -0.364 e. The molecule has 3 aliphatic rings. The summed E-state index contributed by atoms with van der Waals surface area (Å²) in [5.74, 6) is 0. The smallest absolute Gasteiger partial charge is 0.338 e. The first kappa shape index (κ1) is 22.1. The van der Waals surface area contributed by atoms with Crippen LogP contribution in [0, 0.1) is 0 Å². The van der Waals surface area contributed by atoms with Gasteiger partial charge >= 0.3 is 6.03 Å². The van der Waals surface area contributed by atoms with Gasteiger partial charge in [0.2, 0.25) is 0 Å². The second-order valence-electron chi connectivity index (χ2n) is 8.04. The number of urea groups is 1. The Kier molecular flexibility index (Phi) is 5.73. The molecule has 1 unspecified atom stereocenters. The average Bonchev–Trinajstić information content (AvgIpc) is 3.33. The maximum Gasteiger partial charge on any atom is 0.338 e. The van der Waals surface area contributed by atoms with Gasteiger partial charge in [-0.1, -0.05) is 29.4 Å². The summed E-state index contributed by atoms with van der Waals surface area (Å²) in [4.78, 5) is 17.0. The number of hydrogen-bond acceptors (Lipinski definition) is 7. The molecule has 0 spiro atoms. The third kappa shape index (κ3) is 3.83. The molecule has 1 aromatic carbocycles. The van der Waals surface area contributed by atoms with E-state index in [-0.39, 0.29) is 19.1 Å². The fraction of sp³-hybridized carbons (Fsp3) is 0.450. The lowest BCUT2D eigenvalue weighted by Crippen LogP contribution is -2.57. The summed E-state index contributed by atoms with van der Waals surface area (Å²) in [6, 6.07) is 6.97. The van der Waals surface area contributed by atoms with E-state index in [4.69, 9.17) is 11.6 Å². The van der Waals surface area contributed by atoms with Gasteiger partial charge in [-0.25, -0.2) is 18.2 Å². The van der Waals surface area contributed by atoms with Gasteiger partial charge in [0, 0.05) is 61.6 Å². The molecule has 1 aromatic heterocycles. The van der Waals surface area contributed by atoms with Gasteiger partial charge in [0.1, 0.15) is 9.24 Å². The van der Waals surface area contributed by atoms with Crippen LogP contribution >= 0.6 is 34.7 Å². The fourth-order valence-corrected chi connectivity index (χ4v) is 8.57. The van der Waals surface area contributed by atoms with Crippen LogP contribution in [0.15, 0.2) is 39.2 Å². The Morgan fingerprint density at radius 3 is 2.66 bits per heavy atom. The molecule has 5 rings (SSSR count). The van der Waals surface area contributed by atoms with Gasteiger partial charge in [-0.2, -0.15) is 4.31 Å². The summed E-state index contributed by atoms with van der Waals surface area (Å²) in [5.41, 5.74) is 4.50. The van der Waals surface area contributed by atoms with Gasteiger partial charge in [0.25, 0.3) is 10.0 Å². The molecular formula is C20H24ClN5O3S3. The average molecular weight is 514 g/mol. The summed E-state index contributed by atoms with van der Waals surface area (Å²) in [7, 11) is -1.54. The molecule has 1 N–H and O–H groups in total. The lowest BCUT2D eigenvalue weighted by Gasteiger charge is -2.38. The minimum atomic E-state index is -3.61. The van der Waals surface area contributed by atoms with Crippen molar-refractivity contribution in [3.8, 4) is 0 Å². The first-order valence-corrected chi connectivity index (χ1v) is 13.9. The molecule has 8 nitrogen and oxygen atoms in total. The predicted molar refractivity (Wildman–Crippen MR) is 129 cm³/mol. The van der Waals surface area contributed by atoms with Crippen LogP contribution in [0.1, 0.15) is 13.3 Å². The highest BCUT2D eigenvalue weighted by Gasteiger charge is 2.36. The number of thiophene rings is 1. The molecule has 0 aliphatic carbocycles. The van der Waals surface area contributed by atoms with Crippen molar-refractivity contribution in [1.82, 2.24) is 24.5 Å². The Bertz CT molecular complexity index is 1210. The highest BCUT2D eigenvalue weighted by molar-refractivity contribution is 8.03. The van der Waals surface area contributed by atoms with Crippen molar-refractivity contribution >= 4 is 60.8 Å². The van der Waals surface area contributed by atoms with E-state index in [1.54, 1.807) is 39.9 Å². The molecule has 172 valence electrons. The van der Waals surface area contributed by atoms with Gasteiger partial charge < -0.3 is 9.80 Å². The lowest BCUT2D eigenvalue weighted by atomic mass is 10.2. The first-order valence-electron chi connectivity index (χ1n) is 10.4. The molecule has 3 aliphatic heterocycles. The van der Waals surface area contributed by atoms with Gasteiger partial charge in [0.15, 0.2) is 0 Å². The molecule has 1 saturated heterocycles. The number of carbonyl (C=O) groups excluding carboxylic acids is 1. The standard InChI is InChI=1S/C20H24ClN5O3S3/c1-13-23(2)16-5-6-26(22-19(16)30-13)20(27)24-7-9-25(10-8-24)32(28,29)18-11-14-3-4-15(21)12-17(14)31-18/h3-4,11-13,22H,5-10H2,1-2H3. The van der Waals surface area contributed by atoms with Crippen LogP contribution in [0.2, 0.25) is 5.02 Å². The quantitative estimate of drug-likeness (QED) is 0.663. The molecule has 12 heteroatoms. The van der Waals surface area contributed by atoms with Crippen LogP contribution in [0.25, 0.3) is 10.1 Å². The monoisotopic (exact) mass is 513 g/mol. The summed E-state index contributed by atoms with van der Waals surface area (Å²) >= 11 is 8.98. The molecule has 0 bridgehead atoms. The number of piperazine rings is 1. The van der Waals surface area contributed by atoms with Crippen LogP contribution < -0.4 is 5.43 Å². The first-order chi connectivity index (χ1) is 15.2. The maximum atomic E-state index is 13.2. The predicted octanol–water partition coefficient (Wildman–Crippen LogP) is 3.39. The fourth-order valence-electron chi connectivity index (χ4n) is 4.14. The second kappa shape index (κ2) is 8.28. The Morgan fingerprint density at radius 1 is 1.16 bits per heavy atom. The largest absolute Gasteiger partial charge is 0.364 e. The van der Waals surface area contributed by atoms with Crippen LogP contribution in [0.4, 0.5) is 4.79 Å². The zero-order valence-corrected chi connectivity index (χ0v) is 21.0. The summed E-state index contributed by atoms with van der Waals surface area (Å²) in [6.45, 7) is 4.02. The Labute approximate surface area is 200 Å². The van der Waals surface area contributed by atoms with Gasteiger partial charge in [-0.3, -0.25) is 5.43 Å². The number of nitrogens with one attached hydrogen (secondary N) is 1. The van der Waals surface area contributed by atoms with E-state index >= 15 is 0 Å². The third-order valence-electron chi connectivity index (χ3n) is 6.12. The van der Waals surface area contributed by atoms with Crippen molar-refractivity contribution in [3.05, 3.63) is 40.0 Å². The Morgan fingerprint density at radius 2 is 1.91 bits per heavy atom. The number of benzene rings is 1. The molecular weight excluding hydrogens is 490 g/mol. The Balaban J connectivity index is 1.24. The van der Waals surface area contributed by atoms with E-state index in [0.717, 1.165) is 21.5 Å². The summed E-state index contributed by atoms with van der Waals surface area (Å²) in [6.07, 6.45) is 0.812. The summed E-state index contributed by atoms with van der Waals surface area (Å²) in [5, 5.41) is 4.48. The van der Waals surface area contributed by atoms with Crippen LogP contribution in [0.5, 0.6) is 0 Å². The van der Waals surface area contributed by atoms with E-state index in [0.29, 0.717) is 34.2 Å².